The summed E-state index contributed by atoms with van der Waals surface area (Å²) in [6.45, 7) is 21.8. The van der Waals surface area contributed by atoms with Crippen molar-refractivity contribution in [3.05, 3.63) is 42.8 Å². The van der Waals surface area contributed by atoms with E-state index >= 15 is 0 Å². The molecule has 0 saturated carbocycles. The molecule has 0 saturated heterocycles. The van der Waals surface area contributed by atoms with Crippen molar-refractivity contribution >= 4 is 8.32 Å². The van der Waals surface area contributed by atoms with E-state index in [0.29, 0.717) is 6.42 Å². The standard InChI is InChI=1S/C20H35O2Si/c1-18(2,3)17(22-23(8,9)19(4,5)6)15-20(7,21)16-13-11-10-12-14-16/h10-14,17,21H,7,15H2,1-6,8-9H3. The number of hydrogen-bond acceptors (Lipinski definition) is 2. The van der Waals surface area contributed by atoms with Crippen LogP contribution in [0.25, 0.3) is 0 Å². The van der Waals surface area contributed by atoms with Gasteiger partial charge in [0.2, 0.25) is 0 Å². The molecule has 131 valence electrons. The Morgan fingerprint density at radius 2 is 1.52 bits per heavy atom. The number of aliphatic hydroxyl groups is 1. The molecule has 2 unspecified atom stereocenters. The highest BCUT2D eigenvalue weighted by atomic mass is 28.4. The highest BCUT2D eigenvalue weighted by Gasteiger charge is 2.43. The smallest absolute Gasteiger partial charge is 0.192 e. The first kappa shape index (κ1) is 20.4. The lowest BCUT2D eigenvalue weighted by Crippen LogP contribution is -2.49. The first-order valence-corrected chi connectivity index (χ1v) is 11.4. The summed E-state index contributed by atoms with van der Waals surface area (Å²) in [4.78, 5) is 0. The molecule has 0 heterocycles. The van der Waals surface area contributed by atoms with Gasteiger partial charge in [-0.15, -0.1) is 0 Å². The van der Waals surface area contributed by atoms with Gasteiger partial charge in [-0.1, -0.05) is 71.9 Å². The van der Waals surface area contributed by atoms with Crippen LogP contribution in [0.1, 0.15) is 53.5 Å². The lowest BCUT2D eigenvalue weighted by atomic mass is 9.80. The molecule has 2 nitrogen and oxygen atoms in total. The molecule has 0 aromatic heterocycles. The molecule has 0 amide bonds. The summed E-state index contributed by atoms with van der Waals surface area (Å²) in [6, 6.07) is 9.68. The van der Waals surface area contributed by atoms with Crippen molar-refractivity contribution in [3.63, 3.8) is 0 Å². The molecular formula is C20H35O2Si. The molecule has 1 radical (unpaired) electrons. The van der Waals surface area contributed by atoms with Gasteiger partial charge in [0.15, 0.2) is 8.32 Å². The molecule has 0 bridgehead atoms. The molecule has 1 aromatic carbocycles. The Bertz CT molecular complexity index is 493. The minimum absolute atomic E-state index is 0.0499. The Labute approximate surface area is 144 Å². The molecule has 1 N–H and O–H groups in total. The highest BCUT2D eigenvalue weighted by Crippen LogP contribution is 2.42. The molecule has 23 heavy (non-hydrogen) atoms. The van der Waals surface area contributed by atoms with E-state index in [1.54, 1.807) is 0 Å². The summed E-state index contributed by atoms with van der Waals surface area (Å²) in [5.74, 6) is 0. The summed E-state index contributed by atoms with van der Waals surface area (Å²) in [6.07, 6.45) is 0.443. The van der Waals surface area contributed by atoms with Crippen molar-refractivity contribution in [3.8, 4) is 0 Å². The zero-order valence-corrected chi connectivity index (χ0v) is 17.2. The average molecular weight is 336 g/mol. The van der Waals surface area contributed by atoms with Gasteiger partial charge in [0.1, 0.15) is 0 Å². The van der Waals surface area contributed by atoms with Crippen LogP contribution in [-0.2, 0) is 10.0 Å². The van der Waals surface area contributed by atoms with E-state index in [0.717, 1.165) is 5.56 Å². The van der Waals surface area contributed by atoms with E-state index in [4.69, 9.17) is 4.43 Å². The number of hydrogen-bond donors (Lipinski definition) is 1. The van der Waals surface area contributed by atoms with E-state index in [1.807, 2.05) is 30.3 Å². The second-order valence-electron chi connectivity index (χ2n) is 9.33. The van der Waals surface area contributed by atoms with E-state index in [2.05, 4.69) is 61.6 Å². The van der Waals surface area contributed by atoms with Gasteiger partial charge in [-0.2, -0.15) is 0 Å². The van der Waals surface area contributed by atoms with Crippen LogP contribution in [-0.4, -0.2) is 19.5 Å². The molecule has 0 aliphatic carbocycles. The van der Waals surface area contributed by atoms with Crippen LogP contribution >= 0.6 is 0 Å². The molecule has 3 heteroatoms. The minimum Gasteiger partial charge on any atom is -0.413 e. The fourth-order valence-corrected chi connectivity index (χ4v) is 3.73. The number of benzene rings is 1. The summed E-state index contributed by atoms with van der Waals surface area (Å²) < 4.78 is 6.66. The maximum Gasteiger partial charge on any atom is 0.192 e. The van der Waals surface area contributed by atoms with Crippen molar-refractivity contribution in [2.24, 2.45) is 5.41 Å². The van der Waals surface area contributed by atoms with Crippen molar-refractivity contribution < 1.29 is 9.53 Å². The normalized spacial score (nSPS) is 17.7. The van der Waals surface area contributed by atoms with Crippen LogP contribution < -0.4 is 0 Å². The van der Waals surface area contributed by atoms with Gasteiger partial charge < -0.3 is 9.53 Å². The second kappa shape index (κ2) is 6.70. The van der Waals surface area contributed by atoms with Crippen LogP contribution in [0.4, 0.5) is 0 Å². The van der Waals surface area contributed by atoms with E-state index in [1.165, 1.54) is 0 Å². The molecule has 1 aromatic rings. The summed E-state index contributed by atoms with van der Waals surface area (Å²) in [5.41, 5.74) is -0.356. The van der Waals surface area contributed by atoms with E-state index in [9.17, 15) is 5.11 Å². The molecule has 2 atom stereocenters. The van der Waals surface area contributed by atoms with Gasteiger partial charge in [-0.25, -0.2) is 0 Å². The molecule has 0 aliphatic rings. The summed E-state index contributed by atoms with van der Waals surface area (Å²) in [5, 5.41) is 11.1. The fraction of sp³-hybridized carbons (Fsp3) is 0.650. The van der Waals surface area contributed by atoms with Crippen molar-refractivity contribution in [2.75, 3.05) is 0 Å². The Hall–Kier alpha value is -0.643. The van der Waals surface area contributed by atoms with Crippen LogP contribution in [0, 0.1) is 12.3 Å². The lowest BCUT2D eigenvalue weighted by molar-refractivity contribution is -0.0164. The highest BCUT2D eigenvalue weighted by molar-refractivity contribution is 6.74. The third kappa shape index (κ3) is 5.44. The predicted molar refractivity (Wildman–Crippen MR) is 102 cm³/mol. The van der Waals surface area contributed by atoms with Crippen molar-refractivity contribution in [1.29, 1.82) is 0 Å². The Morgan fingerprint density at radius 1 is 1.04 bits per heavy atom. The van der Waals surface area contributed by atoms with E-state index < -0.39 is 13.9 Å². The molecule has 0 fully saturated rings. The average Bonchev–Trinajstić information content (AvgIpc) is 2.36. The van der Waals surface area contributed by atoms with Gasteiger partial charge in [-0.3, -0.25) is 0 Å². The Morgan fingerprint density at radius 3 is 1.91 bits per heavy atom. The molecule has 1 rings (SSSR count). The number of rotatable bonds is 5. The molecule has 0 spiro atoms. The van der Waals surface area contributed by atoms with Gasteiger partial charge in [-0.05, 0) is 36.0 Å². The fourth-order valence-electron chi connectivity index (χ4n) is 2.23. The van der Waals surface area contributed by atoms with Crippen LogP contribution in [0.2, 0.25) is 18.1 Å². The van der Waals surface area contributed by atoms with Crippen molar-refractivity contribution in [2.45, 2.75) is 77.8 Å². The van der Waals surface area contributed by atoms with E-state index in [-0.39, 0.29) is 16.6 Å². The Kier molecular flexibility index (Phi) is 5.94. The first-order valence-electron chi connectivity index (χ1n) is 8.48. The zero-order chi connectivity index (χ0) is 18.1. The Balaban J connectivity index is 3.06. The lowest BCUT2D eigenvalue weighted by Gasteiger charge is -2.45. The maximum atomic E-state index is 10.9. The first-order chi connectivity index (χ1) is 10.2. The zero-order valence-electron chi connectivity index (χ0n) is 16.2. The minimum atomic E-state index is -1.92. The van der Waals surface area contributed by atoms with Crippen molar-refractivity contribution in [1.82, 2.24) is 0 Å². The van der Waals surface area contributed by atoms with Gasteiger partial charge in [0, 0.05) is 6.42 Å². The third-order valence-electron chi connectivity index (χ3n) is 5.04. The van der Waals surface area contributed by atoms with Crippen LogP contribution in [0.3, 0.4) is 0 Å². The second-order valence-corrected chi connectivity index (χ2v) is 14.1. The van der Waals surface area contributed by atoms with Crippen LogP contribution in [0.5, 0.6) is 0 Å². The van der Waals surface area contributed by atoms with Gasteiger partial charge in [0.05, 0.1) is 11.7 Å². The SMILES string of the molecule is [CH2]C(O)(CC(O[Si](C)(C)C(C)(C)C)C(C)(C)C)c1ccccc1. The van der Waals surface area contributed by atoms with Gasteiger partial charge >= 0.3 is 0 Å². The predicted octanol–water partition coefficient (Wildman–Crippen LogP) is 5.53. The van der Waals surface area contributed by atoms with Gasteiger partial charge in [0.25, 0.3) is 0 Å². The topological polar surface area (TPSA) is 29.5 Å². The third-order valence-corrected chi connectivity index (χ3v) is 9.53. The largest absolute Gasteiger partial charge is 0.413 e. The molecule has 0 aliphatic heterocycles. The summed E-state index contributed by atoms with van der Waals surface area (Å²) in [7, 11) is -1.92. The monoisotopic (exact) mass is 335 g/mol. The summed E-state index contributed by atoms with van der Waals surface area (Å²) >= 11 is 0. The molecular weight excluding hydrogens is 300 g/mol. The quantitative estimate of drug-likeness (QED) is 0.716. The van der Waals surface area contributed by atoms with Crippen LogP contribution in [0.15, 0.2) is 30.3 Å². The maximum absolute atomic E-state index is 10.9.